The molecule has 0 N–H and O–H groups in total. The van der Waals surface area contributed by atoms with Gasteiger partial charge in [-0.05, 0) is 25.2 Å². The molecule has 1 saturated heterocycles. The summed E-state index contributed by atoms with van der Waals surface area (Å²) < 4.78 is 5.36. The summed E-state index contributed by atoms with van der Waals surface area (Å²) in [5.41, 5.74) is 0. The summed E-state index contributed by atoms with van der Waals surface area (Å²) in [6.45, 7) is 4.26. The first-order valence-electron chi connectivity index (χ1n) is 5.41. The number of esters is 1. The Bertz CT molecular complexity index is 165. The largest absolute Gasteiger partial charge is 0.462 e. The third-order valence-electron chi connectivity index (χ3n) is 2.65. The van der Waals surface area contributed by atoms with Crippen LogP contribution < -0.4 is 0 Å². The highest BCUT2D eigenvalue weighted by Crippen LogP contribution is 2.21. The van der Waals surface area contributed by atoms with E-state index in [1.807, 2.05) is 0 Å². The molecule has 0 radical (unpaired) electrons. The number of cyclic esters (lactones) is 1. The summed E-state index contributed by atoms with van der Waals surface area (Å²) in [6.07, 6.45) is 6.39. The van der Waals surface area contributed by atoms with Gasteiger partial charge in [-0.2, -0.15) is 0 Å². The van der Waals surface area contributed by atoms with Crippen molar-refractivity contribution in [2.45, 2.75) is 58.5 Å². The number of rotatable bonds is 2. The summed E-state index contributed by atoms with van der Waals surface area (Å²) in [5, 5.41) is 0. The van der Waals surface area contributed by atoms with Gasteiger partial charge in [-0.25, -0.2) is 0 Å². The number of hydrogen-bond acceptors (Lipinski definition) is 2. The van der Waals surface area contributed by atoms with Crippen LogP contribution in [0.3, 0.4) is 0 Å². The smallest absolute Gasteiger partial charge is 0.306 e. The number of carbonyl (C=O) groups excluding carboxylic acids is 1. The second-order valence-electron chi connectivity index (χ2n) is 4.14. The minimum Gasteiger partial charge on any atom is -0.462 e. The number of carbonyl (C=O) groups is 1. The zero-order valence-corrected chi connectivity index (χ0v) is 8.71. The van der Waals surface area contributed by atoms with Crippen LogP contribution in [0.25, 0.3) is 0 Å². The molecule has 13 heavy (non-hydrogen) atoms. The molecule has 0 unspecified atom stereocenters. The van der Waals surface area contributed by atoms with Crippen LogP contribution >= 0.6 is 0 Å². The van der Waals surface area contributed by atoms with E-state index in [-0.39, 0.29) is 12.1 Å². The van der Waals surface area contributed by atoms with Crippen molar-refractivity contribution in [1.29, 1.82) is 0 Å². The van der Waals surface area contributed by atoms with E-state index in [4.69, 9.17) is 4.74 Å². The molecule has 2 heteroatoms. The standard InChI is InChI=1S/C11H20O2/c1-3-5-10-7-4-6-9(2)8-11(12)13-10/h9-10H,3-8H2,1-2H3/t9-,10-/m1/s1. The summed E-state index contributed by atoms with van der Waals surface area (Å²) in [6, 6.07) is 0. The van der Waals surface area contributed by atoms with Gasteiger partial charge < -0.3 is 4.74 Å². The Hall–Kier alpha value is -0.530. The van der Waals surface area contributed by atoms with Crippen LogP contribution in [-0.4, -0.2) is 12.1 Å². The normalized spacial score (nSPS) is 30.5. The molecule has 1 rings (SSSR count). The molecule has 2 nitrogen and oxygen atoms in total. The average molecular weight is 184 g/mol. The van der Waals surface area contributed by atoms with Crippen LogP contribution in [-0.2, 0) is 9.53 Å². The van der Waals surface area contributed by atoms with Gasteiger partial charge in [-0.3, -0.25) is 4.79 Å². The van der Waals surface area contributed by atoms with Gasteiger partial charge in [0.05, 0.1) is 0 Å². The maximum absolute atomic E-state index is 11.3. The highest BCUT2D eigenvalue weighted by Gasteiger charge is 2.19. The second-order valence-corrected chi connectivity index (χ2v) is 4.14. The lowest BCUT2D eigenvalue weighted by atomic mass is 9.96. The van der Waals surface area contributed by atoms with E-state index in [0.717, 1.165) is 19.3 Å². The third kappa shape index (κ3) is 3.79. The first-order chi connectivity index (χ1) is 6.22. The van der Waals surface area contributed by atoms with E-state index in [1.54, 1.807) is 0 Å². The lowest BCUT2D eigenvalue weighted by molar-refractivity contribution is -0.152. The SMILES string of the molecule is CCC[C@@H]1CCC[C@@H](C)CC(=O)O1. The van der Waals surface area contributed by atoms with Crippen molar-refractivity contribution in [3.05, 3.63) is 0 Å². The Morgan fingerprint density at radius 1 is 1.46 bits per heavy atom. The topological polar surface area (TPSA) is 26.3 Å². The summed E-state index contributed by atoms with van der Waals surface area (Å²) in [5.74, 6) is 0.515. The van der Waals surface area contributed by atoms with Gasteiger partial charge in [0, 0.05) is 6.42 Å². The lowest BCUT2D eigenvalue weighted by Gasteiger charge is -2.22. The van der Waals surface area contributed by atoms with E-state index in [9.17, 15) is 4.79 Å². The molecule has 0 spiro atoms. The highest BCUT2D eigenvalue weighted by molar-refractivity contribution is 5.69. The quantitative estimate of drug-likeness (QED) is 0.617. The molecule has 0 aromatic rings. The molecule has 0 aliphatic carbocycles. The fourth-order valence-electron chi connectivity index (χ4n) is 1.90. The predicted molar refractivity (Wildman–Crippen MR) is 52.4 cm³/mol. The van der Waals surface area contributed by atoms with Crippen molar-refractivity contribution in [1.82, 2.24) is 0 Å². The maximum Gasteiger partial charge on any atom is 0.306 e. The van der Waals surface area contributed by atoms with Crippen LogP contribution in [0.2, 0.25) is 0 Å². The van der Waals surface area contributed by atoms with Crippen molar-refractivity contribution >= 4 is 5.97 Å². The first kappa shape index (κ1) is 10.6. The minimum absolute atomic E-state index is 0.00523. The average Bonchev–Trinajstić information content (AvgIpc) is 2.01. The number of hydrogen-bond donors (Lipinski definition) is 0. The van der Waals surface area contributed by atoms with E-state index in [1.165, 1.54) is 12.8 Å². The van der Waals surface area contributed by atoms with Gasteiger partial charge >= 0.3 is 5.97 Å². The predicted octanol–water partition coefficient (Wildman–Crippen LogP) is 2.91. The molecular weight excluding hydrogens is 164 g/mol. The zero-order chi connectivity index (χ0) is 9.68. The molecule has 1 aliphatic heterocycles. The van der Waals surface area contributed by atoms with Crippen LogP contribution in [0.15, 0.2) is 0 Å². The van der Waals surface area contributed by atoms with Gasteiger partial charge in [0.1, 0.15) is 6.10 Å². The van der Waals surface area contributed by atoms with Crippen molar-refractivity contribution in [2.24, 2.45) is 5.92 Å². The molecule has 1 aliphatic rings. The Balaban J connectivity index is 2.39. The molecule has 1 fully saturated rings. The second kappa shape index (κ2) is 5.25. The molecule has 1 heterocycles. The Morgan fingerprint density at radius 3 is 2.92 bits per heavy atom. The van der Waals surface area contributed by atoms with Crippen LogP contribution in [0.1, 0.15) is 52.4 Å². The summed E-state index contributed by atoms with van der Waals surface area (Å²) in [7, 11) is 0. The van der Waals surface area contributed by atoms with Gasteiger partial charge in [-0.15, -0.1) is 0 Å². The third-order valence-corrected chi connectivity index (χ3v) is 2.65. The summed E-state index contributed by atoms with van der Waals surface area (Å²) in [4.78, 5) is 11.3. The van der Waals surface area contributed by atoms with Gasteiger partial charge in [0.15, 0.2) is 0 Å². The minimum atomic E-state index is 0.00523. The van der Waals surface area contributed by atoms with Gasteiger partial charge in [0.25, 0.3) is 0 Å². The molecule has 76 valence electrons. The maximum atomic E-state index is 11.3. The molecule has 0 aromatic heterocycles. The van der Waals surface area contributed by atoms with Crippen LogP contribution in [0, 0.1) is 5.92 Å². The van der Waals surface area contributed by atoms with Crippen molar-refractivity contribution in [3.63, 3.8) is 0 Å². The van der Waals surface area contributed by atoms with E-state index < -0.39 is 0 Å². The fourth-order valence-corrected chi connectivity index (χ4v) is 1.90. The molecular formula is C11H20O2. The van der Waals surface area contributed by atoms with E-state index >= 15 is 0 Å². The lowest BCUT2D eigenvalue weighted by Crippen LogP contribution is -2.22. The van der Waals surface area contributed by atoms with Crippen LogP contribution in [0.4, 0.5) is 0 Å². The zero-order valence-electron chi connectivity index (χ0n) is 8.71. The van der Waals surface area contributed by atoms with E-state index in [2.05, 4.69) is 13.8 Å². The van der Waals surface area contributed by atoms with Crippen molar-refractivity contribution in [2.75, 3.05) is 0 Å². The van der Waals surface area contributed by atoms with Gasteiger partial charge in [-0.1, -0.05) is 26.7 Å². The number of ether oxygens (including phenoxy) is 1. The fraction of sp³-hybridized carbons (Fsp3) is 0.909. The molecule has 0 bridgehead atoms. The Labute approximate surface area is 80.7 Å². The Morgan fingerprint density at radius 2 is 2.23 bits per heavy atom. The monoisotopic (exact) mass is 184 g/mol. The first-order valence-corrected chi connectivity index (χ1v) is 5.41. The van der Waals surface area contributed by atoms with E-state index in [0.29, 0.717) is 12.3 Å². The summed E-state index contributed by atoms with van der Waals surface area (Å²) >= 11 is 0. The van der Waals surface area contributed by atoms with Gasteiger partial charge in [0.2, 0.25) is 0 Å². The van der Waals surface area contributed by atoms with Crippen LogP contribution in [0.5, 0.6) is 0 Å². The van der Waals surface area contributed by atoms with Crippen molar-refractivity contribution < 1.29 is 9.53 Å². The van der Waals surface area contributed by atoms with Crippen molar-refractivity contribution in [3.8, 4) is 0 Å². The highest BCUT2D eigenvalue weighted by atomic mass is 16.5. The molecule has 2 atom stereocenters. The Kier molecular flexibility index (Phi) is 4.26. The molecule has 0 aromatic carbocycles. The molecule has 0 saturated carbocycles. The molecule has 0 amide bonds.